The number of hydrogen-bond acceptors (Lipinski definition) is 3. The Kier molecular flexibility index (Phi) is 5.64. The van der Waals surface area contributed by atoms with Crippen molar-refractivity contribution in [1.29, 1.82) is 5.26 Å². The zero-order valence-electron chi connectivity index (χ0n) is 11.7. The van der Waals surface area contributed by atoms with E-state index >= 15 is 0 Å². The van der Waals surface area contributed by atoms with E-state index in [1.807, 2.05) is 0 Å². The van der Waals surface area contributed by atoms with Crippen LogP contribution >= 0.6 is 23.2 Å². The van der Waals surface area contributed by atoms with E-state index in [4.69, 9.17) is 28.5 Å². The molecule has 22 heavy (non-hydrogen) atoms. The molecule has 2 atom stereocenters. The van der Waals surface area contributed by atoms with Gasteiger partial charge in [-0.05, 0) is 37.5 Å². The largest absolute Gasteiger partial charge is 0.352 e. The third kappa shape index (κ3) is 4.36. The second-order valence-electron chi connectivity index (χ2n) is 5.21. The van der Waals surface area contributed by atoms with Crippen LogP contribution in [0.1, 0.15) is 29.6 Å². The molecule has 0 saturated heterocycles. The van der Waals surface area contributed by atoms with Gasteiger partial charge in [0.1, 0.15) is 0 Å². The monoisotopic (exact) mass is 339 g/mol. The molecule has 1 aliphatic rings. The number of amides is 2. The molecule has 2 amide bonds. The number of carbonyl (C=O) groups excluding carboxylic acids is 2. The number of benzene rings is 1. The highest BCUT2D eigenvalue weighted by atomic mass is 35.5. The van der Waals surface area contributed by atoms with Gasteiger partial charge in [-0.2, -0.15) is 5.26 Å². The predicted molar refractivity (Wildman–Crippen MR) is 83.7 cm³/mol. The Hall–Kier alpha value is -1.77. The molecule has 116 valence electrons. The SMILES string of the molecule is N#CC1CCC(NC(=O)CNC(=O)c2ccc(Cl)cc2Cl)C1. The topological polar surface area (TPSA) is 82.0 Å². The maximum atomic E-state index is 12.0. The zero-order chi connectivity index (χ0) is 16.1. The van der Waals surface area contributed by atoms with Crippen molar-refractivity contribution in [2.45, 2.75) is 25.3 Å². The second-order valence-corrected chi connectivity index (χ2v) is 6.05. The molecule has 0 bridgehead atoms. The summed E-state index contributed by atoms with van der Waals surface area (Å²) >= 11 is 11.7. The summed E-state index contributed by atoms with van der Waals surface area (Å²) in [6.07, 6.45) is 2.26. The average Bonchev–Trinajstić information content (AvgIpc) is 2.92. The smallest absolute Gasteiger partial charge is 0.253 e. The fourth-order valence-corrected chi connectivity index (χ4v) is 2.93. The van der Waals surface area contributed by atoms with E-state index in [9.17, 15) is 9.59 Å². The standard InChI is InChI=1S/C15H15Cl2N3O2/c16-10-2-4-12(13(17)6-10)15(22)19-8-14(21)20-11-3-1-9(5-11)7-18/h2,4,6,9,11H,1,3,5,8H2,(H,19,22)(H,20,21). The number of carbonyl (C=O) groups is 2. The van der Waals surface area contributed by atoms with Gasteiger partial charge in [0.2, 0.25) is 5.91 Å². The van der Waals surface area contributed by atoms with Gasteiger partial charge in [0.05, 0.1) is 23.2 Å². The van der Waals surface area contributed by atoms with Crippen LogP contribution in [0.2, 0.25) is 10.0 Å². The van der Waals surface area contributed by atoms with Crippen LogP contribution in [0.15, 0.2) is 18.2 Å². The van der Waals surface area contributed by atoms with Gasteiger partial charge in [-0.15, -0.1) is 0 Å². The Morgan fingerprint density at radius 2 is 2.09 bits per heavy atom. The summed E-state index contributed by atoms with van der Waals surface area (Å²) in [6, 6.07) is 6.75. The van der Waals surface area contributed by atoms with Crippen molar-refractivity contribution in [3.63, 3.8) is 0 Å². The van der Waals surface area contributed by atoms with Crippen LogP contribution in [0.25, 0.3) is 0 Å². The molecule has 1 aromatic rings. The molecule has 0 radical (unpaired) electrons. The molecule has 7 heteroatoms. The molecule has 1 aromatic carbocycles. The first-order chi connectivity index (χ1) is 10.5. The first kappa shape index (κ1) is 16.6. The number of hydrogen-bond donors (Lipinski definition) is 2. The predicted octanol–water partition coefficient (Wildman–Crippen LogP) is 2.53. The molecule has 1 saturated carbocycles. The first-order valence-corrected chi connectivity index (χ1v) is 7.67. The van der Waals surface area contributed by atoms with Gasteiger partial charge in [-0.1, -0.05) is 23.2 Å². The van der Waals surface area contributed by atoms with Crippen molar-refractivity contribution in [2.75, 3.05) is 6.54 Å². The summed E-state index contributed by atoms with van der Waals surface area (Å²) in [6.45, 7) is -0.133. The second kappa shape index (κ2) is 7.48. The number of halogens is 2. The van der Waals surface area contributed by atoms with E-state index in [0.717, 1.165) is 12.8 Å². The van der Waals surface area contributed by atoms with Crippen LogP contribution in [-0.4, -0.2) is 24.4 Å². The molecule has 5 nitrogen and oxygen atoms in total. The normalized spacial score (nSPS) is 20.2. The fourth-order valence-electron chi connectivity index (χ4n) is 2.44. The lowest BCUT2D eigenvalue weighted by molar-refractivity contribution is -0.120. The van der Waals surface area contributed by atoms with Gasteiger partial charge in [0.15, 0.2) is 0 Å². The van der Waals surface area contributed by atoms with Gasteiger partial charge in [-0.3, -0.25) is 9.59 Å². The highest BCUT2D eigenvalue weighted by molar-refractivity contribution is 6.36. The van der Waals surface area contributed by atoms with Crippen LogP contribution < -0.4 is 10.6 Å². The number of nitrogens with one attached hydrogen (secondary N) is 2. The van der Waals surface area contributed by atoms with E-state index in [1.165, 1.54) is 12.1 Å². The molecule has 1 aliphatic carbocycles. The average molecular weight is 340 g/mol. The van der Waals surface area contributed by atoms with Gasteiger partial charge >= 0.3 is 0 Å². The van der Waals surface area contributed by atoms with E-state index < -0.39 is 5.91 Å². The molecule has 2 rings (SSSR count). The molecular weight excluding hydrogens is 325 g/mol. The highest BCUT2D eigenvalue weighted by Crippen LogP contribution is 2.24. The van der Waals surface area contributed by atoms with E-state index in [1.54, 1.807) is 6.07 Å². The molecule has 2 unspecified atom stereocenters. The third-order valence-electron chi connectivity index (χ3n) is 3.57. The Bertz CT molecular complexity index is 628. The van der Waals surface area contributed by atoms with Crippen molar-refractivity contribution in [3.8, 4) is 6.07 Å². The maximum absolute atomic E-state index is 12.0. The minimum atomic E-state index is -0.432. The summed E-state index contributed by atoms with van der Waals surface area (Å²) in [5.74, 6) is -0.701. The summed E-state index contributed by atoms with van der Waals surface area (Å²) in [4.78, 5) is 23.8. The van der Waals surface area contributed by atoms with Crippen LogP contribution in [0.3, 0.4) is 0 Å². The first-order valence-electron chi connectivity index (χ1n) is 6.92. The number of nitriles is 1. The molecule has 0 spiro atoms. The van der Waals surface area contributed by atoms with Gasteiger partial charge in [-0.25, -0.2) is 0 Å². The lowest BCUT2D eigenvalue weighted by atomic mass is 10.1. The molecular formula is C15H15Cl2N3O2. The Labute approximate surface area is 138 Å². The Balaban J connectivity index is 1.81. The van der Waals surface area contributed by atoms with Crippen molar-refractivity contribution >= 4 is 35.0 Å². The molecule has 0 heterocycles. The molecule has 0 aromatic heterocycles. The fraction of sp³-hybridized carbons (Fsp3) is 0.400. The summed E-state index contributed by atoms with van der Waals surface area (Å²) in [5.41, 5.74) is 0.268. The number of nitrogens with zero attached hydrogens (tertiary/aromatic N) is 1. The van der Waals surface area contributed by atoms with E-state index in [-0.39, 0.29) is 35.0 Å². The van der Waals surface area contributed by atoms with Crippen molar-refractivity contribution in [2.24, 2.45) is 5.92 Å². The maximum Gasteiger partial charge on any atom is 0.253 e. The minimum Gasteiger partial charge on any atom is -0.352 e. The highest BCUT2D eigenvalue weighted by Gasteiger charge is 2.25. The van der Waals surface area contributed by atoms with E-state index in [2.05, 4.69) is 16.7 Å². The van der Waals surface area contributed by atoms with Crippen molar-refractivity contribution < 1.29 is 9.59 Å². The lowest BCUT2D eigenvalue weighted by Gasteiger charge is -2.12. The van der Waals surface area contributed by atoms with Crippen LogP contribution in [0.5, 0.6) is 0 Å². The Morgan fingerprint density at radius 3 is 2.73 bits per heavy atom. The molecule has 2 N–H and O–H groups in total. The third-order valence-corrected chi connectivity index (χ3v) is 4.11. The quantitative estimate of drug-likeness (QED) is 0.884. The van der Waals surface area contributed by atoms with Crippen LogP contribution in [-0.2, 0) is 4.79 Å². The molecule has 1 fully saturated rings. The van der Waals surface area contributed by atoms with Crippen molar-refractivity contribution in [1.82, 2.24) is 10.6 Å². The van der Waals surface area contributed by atoms with Gasteiger partial charge in [0, 0.05) is 17.0 Å². The van der Waals surface area contributed by atoms with Gasteiger partial charge < -0.3 is 10.6 Å². The van der Waals surface area contributed by atoms with Crippen LogP contribution in [0.4, 0.5) is 0 Å². The van der Waals surface area contributed by atoms with E-state index in [0.29, 0.717) is 11.4 Å². The molecule has 0 aliphatic heterocycles. The van der Waals surface area contributed by atoms with Crippen molar-refractivity contribution in [3.05, 3.63) is 33.8 Å². The summed E-state index contributed by atoms with van der Waals surface area (Å²) in [7, 11) is 0. The van der Waals surface area contributed by atoms with Gasteiger partial charge in [0.25, 0.3) is 5.91 Å². The zero-order valence-corrected chi connectivity index (χ0v) is 13.2. The lowest BCUT2D eigenvalue weighted by Crippen LogP contribution is -2.41. The number of rotatable bonds is 4. The summed E-state index contributed by atoms with van der Waals surface area (Å²) in [5, 5.41) is 14.8. The Morgan fingerprint density at radius 1 is 1.32 bits per heavy atom. The summed E-state index contributed by atoms with van der Waals surface area (Å²) < 4.78 is 0. The minimum absolute atomic E-state index is 0.00719. The van der Waals surface area contributed by atoms with Crippen LogP contribution in [0, 0.1) is 17.2 Å².